The van der Waals surface area contributed by atoms with Gasteiger partial charge in [0.15, 0.2) is 12.2 Å². The van der Waals surface area contributed by atoms with E-state index in [1.54, 1.807) is 6.20 Å². The van der Waals surface area contributed by atoms with Crippen molar-refractivity contribution in [2.75, 3.05) is 6.54 Å². The van der Waals surface area contributed by atoms with Gasteiger partial charge in [-0.05, 0) is 26.3 Å². The first kappa shape index (κ1) is 19.9. The molecular weight excluding hydrogens is 362 g/mol. The molecule has 0 saturated carbocycles. The molecule has 2 amide bonds. The van der Waals surface area contributed by atoms with Crippen LogP contribution in [0.4, 0.5) is 4.79 Å². The van der Waals surface area contributed by atoms with Gasteiger partial charge in [0.05, 0.1) is 24.4 Å². The Morgan fingerprint density at radius 3 is 2.61 bits per heavy atom. The lowest BCUT2D eigenvalue weighted by molar-refractivity contribution is -0.125. The maximum Gasteiger partial charge on any atom is 0.408 e. The minimum absolute atomic E-state index is 0.191. The van der Waals surface area contributed by atoms with Crippen molar-refractivity contribution in [3.63, 3.8) is 0 Å². The molecule has 1 fully saturated rings. The molecule has 2 unspecified atom stereocenters. The van der Waals surface area contributed by atoms with E-state index in [4.69, 9.17) is 9.15 Å². The van der Waals surface area contributed by atoms with Crippen LogP contribution in [-0.2, 0) is 16.1 Å². The second kappa shape index (κ2) is 8.02. The fraction of sp³-hybridized carbons (Fsp3) is 0.450. The summed E-state index contributed by atoms with van der Waals surface area (Å²) in [5, 5.41) is 12.3. The zero-order chi connectivity index (χ0) is 20.3. The molecule has 2 aromatic rings. The summed E-state index contributed by atoms with van der Waals surface area (Å²) < 4.78 is 11.1. The summed E-state index contributed by atoms with van der Waals surface area (Å²) in [5.74, 6) is 0.352. The highest BCUT2D eigenvalue weighted by Gasteiger charge is 2.41. The van der Waals surface area contributed by atoms with Crippen LogP contribution in [0.1, 0.15) is 32.8 Å². The van der Waals surface area contributed by atoms with Crippen LogP contribution in [0.2, 0.25) is 0 Å². The maximum atomic E-state index is 12.6. The first-order valence-electron chi connectivity index (χ1n) is 9.16. The van der Waals surface area contributed by atoms with E-state index in [-0.39, 0.29) is 18.6 Å². The molecule has 28 heavy (non-hydrogen) atoms. The highest BCUT2D eigenvalue weighted by molar-refractivity contribution is 5.86. The number of likely N-dealkylation sites (tertiary alicyclic amines) is 1. The number of nitrogens with zero attached hydrogens (tertiary/aromatic N) is 2. The van der Waals surface area contributed by atoms with Crippen LogP contribution in [-0.4, -0.2) is 51.3 Å². The minimum Gasteiger partial charge on any atom is -0.465 e. The average Bonchev–Trinajstić information content (AvgIpc) is 3.28. The van der Waals surface area contributed by atoms with Gasteiger partial charge in [-0.1, -0.05) is 24.3 Å². The summed E-state index contributed by atoms with van der Waals surface area (Å²) in [4.78, 5) is 29.2. The van der Waals surface area contributed by atoms with Gasteiger partial charge in [-0.15, -0.1) is 0 Å². The van der Waals surface area contributed by atoms with E-state index in [0.717, 1.165) is 16.0 Å². The number of amides is 2. The number of oxazole rings is 1. The van der Waals surface area contributed by atoms with Crippen LogP contribution in [0.5, 0.6) is 0 Å². The summed E-state index contributed by atoms with van der Waals surface area (Å²) in [6, 6.07) is 6.78. The Morgan fingerprint density at radius 2 is 2.04 bits per heavy atom. The number of carboxylic acid groups (broad SMARTS) is 1. The largest absolute Gasteiger partial charge is 0.465 e. The van der Waals surface area contributed by atoms with Gasteiger partial charge in [0.25, 0.3) is 0 Å². The van der Waals surface area contributed by atoms with Crippen molar-refractivity contribution in [3.05, 3.63) is 42.4 Å². The maximum absolute atomic E-state index is 12.6. The summed E-state index contributed by atoms with van der Waals surface area (Å²) >= 11 is 0. The first-order valence-corrected chi connectivity index (χ1v) is 9.16. The number of hydrogen-bond donors (Lipinski definition) is 2. The Labute approximate surface area is 163 Å². The van der Waals surface area contributed by atoms with Crippen molar-refractivity contribution >= 4 is 12.0 Å². The third-order valence-electron chi connectivity index (χ3n) is 4.47. The van der Waals surface area contributed by atoms with E-state index in [1.165, 1.54) is 6.39 Å². The molecule has 0 aliphatic carbocycles. The molecule has 1 aromatic carbocycles. The van der Waals surface area contributed by atoms with Crippen molar-refractivity contribution < 1.29 is 23.8 Å². The predicted molar refractivity (Wildman–Crippen MR) is 102 cm³/mol. The van der Waals surface area contributed by atoms with E-state index < -0.39 is 17.7 Å². The Bertz CT molecular complexity index is 811. The second-order valence-corrected chi connectivity index (χ2v) is 7.82. The van der Waals surface area contributed by atoms with Crippen LogP contribution in [0, 0.1) is 0 Å². The van der Waals surface area contributed by atoms with Gasteiger partial charge < -0.3 is 19.6 Å². The molecule has 1 saturated heterocycles. The summed E-state index contributed by atoms with van der Waals surface area (Å²) in [6.45, 7) is 6.23. The quantitative estimate of drug-likeness (QED) is 0.817. The second-order valence-electron chi connectivity index (χ2n) is 7.82. The molecule has 150 valence electrons. The molecule has 3 rings (SSSR count). The molecule has 2 atom stereocenters. The summed E-state index contributed by atoms with van der Waals surface area (Å²) in [6.07, 6.45) is 1.94. The van der Waals surface area contributed by atoms with Gasteiger partial charge in [0.1, 0.15) is 6.04 Å². The van der Waals surface area contributed by atoms with Crippen molar-refractivity contribution in [1.82, 2.24) is 15.2 Å². The minimum atomic E-state index is -1.11. The zero-order valence-corrected chi connectivity index (χ0v) is 16.2. The molecule has 2 N–H and O–H groups in total. The Kier molecular flexibility index (Phi) is 5.69. The predicted octanol–water partition coefficient (Wildman–Crippen LogP) is 2.89. The molecule has 2 heterocycles. The number of nitrogens with one attached hydrogen (secondary N) is 1. The van der Waals surface area contributed by atoms with E-state index in [2.05, 4.69) is 10.3 Å². The van der Waals surface area contributed by atoms with E-state index in [1.807, 2.05) is 45.0 Å². The van der Waals surface area contributed by atoms with Crippen molar-refractivity contribution in [1.29, 1.82) is 0 Å². The van der Waals surface area contributed by atoms with Crippen LogP contribution in [0.25, 0.3) is 11.3 Å². The van der Waals surface area contributed by atoms with E-state index in [9.17, 15) is 14.7 Å². The van der Waals surface area contributed by atoms with Crippen LogP contribution in [0.3, 0.4) is 0 Å². The standard InChI is InChI=1S/C20H25N3O5/c1-20(2,3)28-15-8-16(23(11-15)19(25)26)18(24)22-9-13-4-6-14(7-5-13)17-10-21-12-27-17/h4-7,10,12,15-16H,8-9,11H2,1-3H3,(H,22,24)(H,25,26). The van der Waals surface area contributed by atoms with Crippen molar-refractivity contribution in [3.8, 4) is 11.3 Å². The third-order valence-corrected chi connectivity index (χ3v) is 4.47. The third kappa shape index (κ3) is 4.89. The average molecular weight is 387 g/mol. The number of hydrogen-bond acceptors (Lipinski definition) is 5. The number of carbonyl (C=O) groups excluding carboxylic acids is 1. The molecule has 0 radical (unpaired) electrons. The van der Waals surface area contributed by atoms with Crippen molar-refractivity contribution in [2.24, 2.45) is 0 Å². The highest BCUT2D eigenvalue weighted by atomic mass is 16.5. The highest BCUT2D eigenvalue weighted by Crippen LogP contribution is 2.25. The molecule has 8 heteroatoms. The van der Waals surface area contributed by atoms with Gasteiger partial charge in [-0.25, -0.2) is 9.78 Å². The SMILES string of the molecule is CC(C)(C)OC1CC(C(=O)NCc2ccc(-c3cnco3)cc2)N(C(=O)O)C1. The fourth-order valence-corrected chi connectivity index (χ4v) is 3.29. The lowest BCUT2D eigenvalue weighted by Gasteiger charge is -2.24. The Hall–Kier alpha value is -2.87. The number of carbonyl (C=O) groups is 2. The number of rotatable bonds is 5. The Balaban J connectivity index is 1.59. The molecule has 0 spiro atoms. The monoisotopic (exact) mass is 387 g/mol. The van der Waals surface area contributed by atoms with Crippen LogP contribution >= 0.6 is 0 Å². The number of aromatic nitrogens is 1. The zero-order valence-electron chi connectivity index (χ0n) is 16.2. The summed E-state index contributed by atoms with van der Waals surface area (Å²) in [7, 11) is 0. The number of benzene rings is 1. The van der Waals surface area contributed by atoms with Crippen LogP contribution in [0.15, 0.2) is 41.3 Å². The molecule has 0 bridgehead atoms. The fourth-order valence-electron chi connectivity index (χ4n) is 3.29. The van der Waals surface area contributed by atoms with Gasteiger partial charge >= 0.3 is 6.09 Å². The molecule has 1 aromatic heterocycles. The lowest BCUT2D eigenvalue weighted by Crippen LogP contribution is -2.45. The van der Waals surface area contributed by atoms with E-state index in [0.29, 0.717) is 18.7 Å². The molecule has 1 aliphatic rings. The normalized spacial score (nSPS) is 19.6. The summed E-state index contributed by atoms with van der Waals surface area (Å²) in [5.41, 5.74) is 1.40. The van der Waals surface area contributed by atoms with Gasteiger partial charge in [0.2, 0.25) is 5.91 Å². The van der Waals surface area contributed by atoms with Gasteiger partial charge in [-0.3, -0.25) is 9.69 Å². The Morgan fingerprint density at radius 1 is 1.32 bits per heavy atom. The molecule has 1 aliphatic heterocycles. The lowest BCUT2D eigenvalue weighted by atomic mass is 10.1. The molecular formula is C20H25N3O5. The van der Waals surface area contributed by atoms with Crippen LogP contribution < -0.4 is 5.32 Å². The number of ether oxygens (including phenoxy) is 1. The van der Waals surface area contributed by atoms with Gasteiger partial charge in [-0.2, -0.15) is 0 Å². The van der Waals surface area contributed by atoms with E-state index >= 15 is 0 Å². The smallest absolute Gasteiger partial charge is 0.408 e. The topological polar surface area (TPSA) is 105 Å². The van der Waals surface area contributed by atoms with Gasteiger partial charge in [0, 0.05) is 18.5 Å². The van der Waals surface area contributed by atoms with Crippen molar-refractivity contribution in [2.45, 2.75) is 51.5 Å². The first-order chi connectivity index (χ1) is 13.2. The molecule has 8 nitrogen and oxygen atoms in total.